The van der Waals surface area contributed by atoms with E-state index in [1.807, 2.05) is 4.90 Å². The van der Waals surface area contributed by atoms with Crippen molar-refractivity contribution in [3.8, 4) is 5.75 Å². The fourth-order valence-electron chi connectivity index (χ4n) is 4.88. The van der Waals surface area contributed by atoms with Gasteiger partial charge in [-0.05, 0) is 61.8 Å². The van der Waals surface area contributed by atoms with E-state index in [0.717, 1.165) is 19.3 Å². The molecule has 0 unspecified atom stereocenters. The predicted molar refractivity (Wildman–Crippen MR) is 105 cm³/mol. The molecule has 158 valence electrons. The first kappa shape index (κ1) is 20.1. The molecule has 3 fully saturated rings. The highest BCUT2D eigenvalue weighted by molar-refractivity contribution is 5.85. The monoisotopic (exact) mass is 404 g/mol. The minimum absolute atomic E-state index is 0.000132. The highest BCUT2D eigenvalue weighted by Gasteiger charge is 2.44. The van der Waals surface area contributed by atoms with Gasteiger partial charge < -0.3 is 19.6 Å². The summed E-state index contributed by atoms with van der Waals surface area (Å²) in [5, 5.41) is 10.5. The van der Waals surface area contributed by atoms with E-state index >= 15 is 0 Å². The third-order valence-corrected chi connectivity index (χ3v) is 6.54. The predicted octanol–water partition coefficient (Wildman–Crippen LogP) is 2.21. The Morgan fingerprint density at radius 3 is 2.59 bits per heavy atom. The first-order valence-electron chi connectivity index (χ1n) is 10.7. The summed E-state index contributed by atoms with van der Waals surface area (Å²) in [7, 11) is 0. The van der Waals surface area contributed by atoms with E-state index in [2.05, 4.69) is 0 Å². The molecule has 29 heavy (non-hydrogen) atoms. The van der Waals surface area contributed by atoms with Gasteiger partial charge in [0.05, 0.1) is 12.6 Å². The summed E-state index contributed by atoms with van der Waals surface area (Å²) in [5.41, 5.74) is 0. The number of ether oxygens (including phenoxy) is 1. The van der Waals surface area contributed by atoms with Crippen LogP contribution < -0.4 is 4.74 Å². The molecular weight excluding hydrogens is 375 g/mol. The molecule has 1 aromatic rings. The van der Waals surface area contributed by atoms with Gasteiger partial charge in [-0.2, -0.15) is 0 Å². The second-order valence-electron chi connectivity index (χ2n) is 8.59. The zero-order valence-electron chi connectivity index (χ0n) is 16.6. The molecule has 0 bridgehead atoms. The topological polar surface area (TPSA) is 70.1 Å². The van der Waals surface area contributed by atoms with Crippen LogP contribution in [0, 0.1) is 17.7 Å². The summed E-state index contributed by atoms with van der Waals surface area (Å²) in [6.45, 7) is 2.10. The summed E-state index contributed by atoms with van der Waals surface area (Å²) in [5.74, 6) is 0.819. The van der Waals surface area contributed by atoms with Crippen molar-refractivity contribution >= 4 is 11.8 Å². The second kappa shape index (κ2) is 8.69. The number of hydrogen-bond donors (Lipinski definition) is 1. The Morgan fingerprint density at radius 2 is 1.83 bits per heavy atom. The van der Waals surface area contributed by atoms with Gasteiger partial charge >= 0.3 is 0 Å². The highest BCUT2D eigenvalue weighted by atomic mass is 19.1. The van der Waals surface area contributed by atoms with Crippen LogP contribution in [-0.4, -0.2) is 65.1 Å². The fraction of sp³-hybridized carbons (Fsp3) is 0.636. The summed E-state index contributed by atoms with van der Waals surface area (Å²) < 4.78 is 19.0. The minimum atomic E-state index is -0.608. The maximum absolute atomic E-state index is 13.1. The summed E-state index contributed by atoms with van der Waals surface area (Å²) in [4.78, 5) is 28.5. The molecule has 6 nitrogen and oxygen atoms in total. The van der Waals surface area contributed by atoms with E-state index in [9.17, 15) is 19.1 Å². The number of amides is 2. The molecule has 2 amide bonds. The number of nitrogens with zero attached hydrogens (tertiary/aromatic N) is 2. The van der Waals surface area contributed by atoms with E-state index in [0.29, 0.717) is 44.6 Å². The van der Waals surface area contributed by atoms with Gasteiger partial charge in [-0.1, -0.05) is 6.42 Å². The SMILES string of the molecule is O=C1CCCCCN1CC(=O)N1C[C@H]2C[C@@H](Oc3ccc(F)cc3)[C@H](O)C[C@H]2C1. The molecule has 1 aliphatic carbocycles. The van der Waals surface area contributed by atoms with Gasteiger partial charge in [0.25, 0.3) is 0 Å². The van der Waals surface area contributed by atoms with Gasteiger partial charge in [-0.25, -0.2) is 4.39 Å². The molecular formula is C22H29FN2O4. The van der Waals surface area contributed by atoms with Gasteiger partial charge in [0.1, 0.15) is 17.7 Å². The zero-order chi connectivity index (χ0) is 20.4. The van der Waals surface area contributed by atoms with Gasteiger partial charge in [0.15, 0.2) is 0 Å². The Labute approximate surface area is 170 Å². The van der Waals surface area contributed by atoms with Crippen LogP contribution in [0.5, 0.6) is 5.75 Å². The normalized spacial score (nSPS) is 30.1. The van der Waals surface area contributed by atoms with Crippen LogP contribution in [0.4, 0.5) is 4.39 Å². The standard InChI is InChI=1S/C22H29FN2O4/c23-17-5-7-18(8-6-17)29-20-11-16-13-25(12-15(16)10-19(20)26)22(28)14-24-9-3-1-2-4-21(24)27/h5-8,15-16,19-20,26H,1-4,9-14H2/t15-,16+,19+,20+/m0/s1. The van der Waals surface area contributed by atoms with Gasteiger partial charge in [0.2, 0.25) is 11.8 Å². The van der Waals surface area contributed by atoms with Crippen molar-refractivity contribution in [3.63, 3.8) is 0 Å². The summed E-state index contributed by atoms with van der Waals surface area (Å²) in [6, 6.07) is 5.81. The highest BCUT2D eigenvalue weighted by Crippen LogP contribution is 2.38. The van der Waals surface area contributed by atoms with E-state index in [1.54, 1.807) is 17.0 Å². The molecule has 1 aromatic carbocycles. The molecule has 2 aliphatic heterocycles. The molecule has 1 saturated carbocycles. The van der Waals surface area contributed by atoms with Gasteiger partial charge in [-0.3, -0.25) is 9.59 Å². The molecule has 4 rings (SSSR count). The first-order valence-corrected chi connectivity index (χ1v) is 10.7. The number of rotatable bonds is 4. The molecule has 0 spiro atoms. The maximum atomic E-state index is 13.1. The van der Waals surface area contributed by atoms with Crippen molar-refractivity contribution in [1.29, 1.82) is 0 Å². The number of aliphatic hydroxyl groups is 1. The molecule has 0 radical (unpaired) electrons. The molecule has 2 heterocycles. The zero-order valence-corrected chi connectivity index (χ0v) is 16.6. The Bertz CT molecular complexity index is 741. The molecule has 1 N–H and O–H groups in total. The average molecular weight is 404 g/mol. The fourth-order valence-corrected chi connectivity index (χ4v) is 4.88. The Hall–Kier alpha value is -2.15. The summed E-state index contributed by atoms with van der Waals surface area (Å²) >= 11 is 0. The van der Waals surface area contributed by atoms with Crippen molar-refractivity contribution in [1.82, 2.24) is 9.80 Å². The lowest BCUT2D eigenvalue weighted by Crippen LogP contribution is -2.42. The number of halogens is 1. The maximum Gasteiger partial charge on any atom is 0.242 e. The molecule has 3 aliphatic rings. The van der Waals surface area contributed by atoms with Crippen molar-refractivity contribution in [2.75, 3.05) is 26.2 Å². The largest absolute Gasteiger partial charge is 0.488 e. The van der Waals surface area contributed by atoms with Crippen LogP contribution >= 0.6 is 0 Å². The number of likely N-dealkylation sites (tertiary alicyclic amines) is 2. The summed E-state index contributed by atoms with van der Waals surface area (Å²) in [6.07, 6.45) is 3.72. The molecule has 2 saturated heterocycles. The van der Waals surface area contributed by atoms with Gasteiger partial charge in [-0.15, -0.1) is 0 Å². The smallest absolute Gasteiger partial charge is 0.242 e. The van der Waals surface area contributed by atoms with E-state index in [-0.39, 0.29) is 42.1 Å². The molecule has 7 heteroatoms. The van der Waals surface area contributed by atoms with Gasteiger partial charge in [0, 0.05) is 26.1 Å². The lowest BCUT2D eigenvalue weighted by Gasteiger charge is -2.35. The van der Waals surface area contributed by atoms with Crippen molar-refractivity contribution < 1.29 is 23.8 Å². The Balaban J connectivity index is 1.33. The third kappa shape index (κ3) is 4.71. The minimum Gasteiger partial charge on any atom is -0.488 e. The average Bonchev–Trinajstić information content (AvgIpc) is 3.00. The Morgan fingerprint density at radius 1 is 1.10 bits per heavy atom. The van der Waals surface area contributed by atoms with Crippen LogP contribution in [0.2, 0.25) is 0 Å². The number of carbonyl (C=O) groups is 2. The Kier molecular flexibility index (Phi) is 6.04. The van der Waals surface area contributed by atoms with E-state index in [4.69, 9.17) is 4.74 Å². The van der Waals surface area contributed by atoms with E-state index < -0.39 is 6.10 Å². The number of aliphatic hydroxyl groups excluding tert-OH is 1. The number of fused-ring (bicyclic) bond motifs is 1. The van der Waals surface area contributed by atoms with E-state index in [1.165, 1.54) is 12.1 Å². The third-order valence-electron chi connectivity index (χ3n) is 6.54. The van der Waals surface area contributed by atoms with Crippen molar-refractivity contribution in [2.24, 2.45) is 11.8 Å². The van der Waals surface area contributed by atoms with Crippen LogP contribution in [0.15, 0.2) is 24.3 Å². The lowest BCUT2D eigenvalue weighted by molar-refractivity contribution is -0.139. The van der Waals surface area contributed by atoms with Crippen molar-refractivity contribution in [2.45, 2.75) is 50.7 Å². The number of hydrogen-bond acceptors (Lipinski definition) is 4. The van der Waals surface area contributed by atoms with Crippen molar-refractivity contribution in [3.05, 3.63) is 30.1 Å². The number of benzene rings is 1. The van der Waals surface area contributed by atoms with Crippen LogP contribution in [0.3, 0.4) is 0 Å². The van der Waals surface area contributed by atoms with Crippen LogP contribution in [0.25, 0.3) is 0 Å². The molecule has 0 aromatic heterocycles. The number of carbonyl (C=O) groups excluding carboxylic acids is 2. The molecule has 4 atom stereocenters. The lowest BCUT2D eigenvalue weighted by atomic mass is 9.78. The van der Waals surface area contributed by atoms with Crippen LogP contribution in [-0.2, 0) is 9.59 Å². The first-order chi connectivity index (χ1) is 14.0. The second-order valence-corrected chi connectivity index (χ2v) is 8.59. The quantitative estimate of drug-likeness (QED) is 0.835. The van der Waals surface area contributed by atoms with Crippen LogP contribution in [0.1, 0.15) is 38.5 Å².